The molecule has 4 aliphatic rings. The largest absolute Gasteiger partial charge is 0.448 e. The fourth-order valence-electron chi connectivity index (χ4n) is 6.50. The fraction of sp³-hybridized carbons (Fsp3) is 0.640. The van der Waals surface area contributed by atoms with Gasteiger partial charge in [-0.25, -0.2) is 4.98 Å². The van der Waals surface area contributed by atoms with Crippen molar-refractivity contribution in [3.8, 4) is 0 Å². The van der Waals surface area contributed by atoms with E-state index in [0.717, 1.165) is 0 Å². The number of hydrogen-bond acceptors (Lipinski definition) is 7. The van der Waals surface area contributed by atoms with Gasteiger partial charge in [0.15, 0.2) is 11.2 Å². The second kappa shape index (κ2) is 6.37. The first kappa shape index (κ1) is 22.8. The van der Waals surface area contributed by atoms with Gasteiger partial charge < -0.3 is 20.1 Å². The van der Waals surface area contributed by atoms with E-state index in [2.05, 4.69) is 15.6 Å². The number of nitrogens with one attached hydrogen (secondary N) is 2. The van der Waals surface area contributed by atoms with Gasteiger partial charge in [0, 0.05) is 10.8 Å². The van der Waals surface area contributed by atoms with Crippen LogP contribution in [-0.2, 0) is 28.7 Å². The first-order chi connectivity index (χ1) is 15.7. The Morgan fingerprint density at radius 1 is 0.735 bits per heavy atom. The van der Waals surface area contributed by atoms with Gasteiger partial charge in [-0.2, -0.15) is 0 Å². The van der Waals surface area contributed by atoms with Crippen LogP contribution in [0.2, 0.25) is 0 Å². The van der Waals surface area contributed by atoms with Crippen molar-refractivity contribution in [2.75, 3.05) is 10.6 Å². The summed E-state index contributed by atoms with van der Waals surface area (Å²) in [5, 5.41) is 5.55. The molecule has 34 heavy (non-hydrogen) atoms. The molecular weight excluding hydrogens is 438 g/mol. The van der Waals surface area contributed by atoms with Crippen molar-refractivity contribution in [3.05, 3.63) is 18.2 Å². The van der Waals surface area contributed by atoms with E-state index in [0.29, 0.717) is 25.7 Å². The Kier molecular flexibility index (Phi) is 4.27. The SMILES string of the molecule is CC1(C)[C@@]2(C)CC[C@@]1(C(=O)Nc1cccc(NC(=O)[C@]34CC[C@](C)(C(=O)O3)C4(C)C)n1)OC2=O. The second-order valence-corrected chi connectivity index (χ2v) is 11.7. The highest BCUT2D eigenvalue weighted by molar-refractivity contribution is 6.04. The van der Waals surface area contributed by atoms with Gasteiger partial charge in [0.25, 0.3) is 11.8 Å². The number of pyridine rings is 1. The van der Waals surface area contributed by atoms with Crippen molar-refractivity contribution in [2.45, 2.75) is 78.4 Å². The molecule has 2 aliphatic carbocycles. The van der Waals surface area contributed by atoms with Crippen LogP contribution in [-0.4, -0.2) is 39.9 Å². The normalized spacial score (nSPS) is 38.4. The lowest BCUT2D eigenvalue weighted by Gasteiger charge is -2.35. The number of anilines is 2. The number of carbonyl (C=O) groups excluding carboxylic acids is 4. The van der Waals surface area contributed by atoms with Crippen LogP contribution < -0.4 is 10.6 Å². The minimum absolute atomic E-state index is 0.223. The van der Waals surface area contributed by atoms with Crippen LogP contribution in [0.4, 0.5) is 11.6 Å². The van der Waals surface area contributed by atoms with Crippen molar-refractivity contribution < 1.29 is 28.7 Å². The zero-order valence-corrected chi connectivity index (χ0v) is 20.5. The van der Waals surface area contributed by atoms with E-state index in [4.69, 9.17) is 9.47 Å². The molecule has 2 N–H and O–H groups in total. The fourth-order valence-corrected chi connectivity index (χ4v) is 6.50. The van der Waals surface area contributed by atoms with Gasteiger partial charge in [0.1, 0.15) is 11.6 Å². The first-order valence-corrected chi connectivity index (χ1v) is 11.7. The van der Waals surface area contributed by atoms with E-state index < -0.39 is 44.7 Å². The number of nitrogens with zero attached hydrogens (tertiary/aromatic N) is 1. The van der Waals surface area contributed by atoms with Crippen LogP contribution >= 0.6 is 0 Å². The summed E-state index contributed by atoms with van der Waals surface area (Å²) in [6.45, 7) is 11.2. The average Bonchev–Trinajstić information content (AvgIpc) is 3.22. The Bertz CT molecular complexity index is 1080. The predicted octanol–water partition coefficient (Wildman–Crippen LogP) is 3.20. The molecule has 0 radical (unpaired) electrons. The molecule has 0 spiro atoms. The highest BCUT2D eigenvalue weighted by Crippen LogP contribution is 2.66. The summed E-state index contributed by atoms with van der Waals surface area (Å²) < 4.78 is 11.3. The number of ether oxygens (including phenoxy) is 2. The number of hydrogen-bond donors (Lipinski definition) is 2. The van der Waals surface area contributed by atoms with Gasteiger partial charge in [-0.3, -0.25) is 19.2 Å². The van der Waals surface area contributed by atoms with E-state index in [-0.39, 0.29) is 23.6 Å². The Balaban J connectivity index is 1.36. The summed E-state index contributed by atoms with van der Waals surface area (Å²) in [6.07, 6.45) is 2.02. The molecule has 0 unspecified atom stereocenters. The molecule has 2 saturated heterocycles. The van der Waals surface area contributed by atoms with Gasteiger partial charge in [-0.15, -0.1) is 0 Å². The molecule has 1 aromatic rings. The van der Waals surface area contributed by atoms with Crippen LogP contribution in [0.3, 0.4) is 0 Å². The highest BCUT2D eigenvalue weighted by Gasteiger charge is 2.76. The number of aromatic nitrogens is 1. The molecule has 2 saturated carbocycles. The van der Waals surface area contributed by atoms with Crippen LogP contribution in [0.1, 0.15) is 67.2 Å². The molecule has 0 aromatic carbocycles. The predicted molar refractivity (Wildman–Crippen MR) is 121 cm³/mol. The first-order valence-electron chi connectivity index (χ1n) is 11.7. The summed E-state index contributed by atoms with van der Waals surface area (Å²) in [4.78, 5) is 56.0. The molecule has 3 heterocycles. The van der Waals surface area contributed by atoms with E-state index in [9.17, 15) is 19.2 Å². The molecule has 2 aliphatic heterocycles. The number of fused-ring (bicyclic) bond motifs is 4. The zero-order chi connectivity index (χ0) is 24.9. The van der Waals surface area contributed by atoms with E-state index in [1.807, 2.05) is 41.5 Å². The third kappa shape index (κ3) is 2.33. The third-order valence-corrected chi connectivity index (χ3v) is 10.1. The van der Waals surface area contributed by atoms with Crippen LogP contribution in [0.5, 0.6) is 0 Å². The molecule has 9 heteroatoms. The minimum Gasteiger partial charge on any atom is -0.448 e. The van der Waals surface area contributed by atoms with Crippen molar-refractivity contribution in [1.29, 1.82) is 0 Å². The van der Waals surface area contributed by atoms with Crippen molar-refractivity contribution >= 4 is 35.4 Å². The van der Waals surface area contributed by atoms with Gasteiger partial charge in [0.05, 0.1) is 10.8 Å². The Morgan fingerprint density at radius 2 is 1.12 bits per heavy atom. The van der Waals surface area contributed by atoms with Crippen LogP contribution in [0, 0.1) is 21.7 Å². The maximum atomic E-state index is 13.3. The van der Waals surface area contributed by atoms with Gasteiger partial charge in [0.2, 0.25) is 0 Å². The monoisotopic (exact) mass is 469 g/mol. The van der Waals surface area contributed by atoms with E-state index >= 15 is 0 Å². The van der Waals surface area contributed by atoms with Gasteiger partial charge in [-0.1, -0.05) is 33.8 Å². The lowest BCUT2D eigenvalue weighted by molar-refractivity contribution is -0.166. The Hall–Kier alpha value is -2.97. The topological polar surface area (TPSA) is 124 Å². The van der Waals surface area contributed by atoms with Crippen LogP contribution in [0.15, 0.2) is 18.2 Å². The summed E-state index contributed by atoms with van der Waals surface area (Å²) >= 11 is 0. The molecule has 1 aromatic heterocycles. The lowest BCUT2D eigenvalue weighted by atomic mass is 9.66. The number of amides is 2. The van der Waals surface area contributed by atoms with Gasteiger partial charge >= 0.3 is 11.9 Å². The average molecular weight is 470 g/mol. The van der Waals surface area contributed by atoms with Crippen molar-refractivity contribution in [3.63, 3.8) is 0 Å². The van der Waals surface area contributed by atoms with Crippen molar-refractivity contribution in [1.82, 2.24) is 4.98 Å². The molecule has 5 rings (SSSR count). The molecule has 9 nitrogen and oxygen atoms in total. The summed E-state index contributed by atoms with van der Waals surface area (Å²) in [5.74, 6) is -1.13. The maximum absolute atomic E-state index is 13.3. The summed E-state index contributed by atoms with van der Waals surface area (Å²) in [5.41, 5.74) is -5.33. The highest BCUT2D eigenvalue weighted by atomic mass is 16.6. The number of esters is 2. The third-order valence-electron chi connectivity index (χ3n) is 10.1. The molecule has 4 bridgehead atoms. The van der Waals surface area contributed by atoms with Crippen molar-refractivity contribution in [2.24, 2.45) is 21.7 Å². The number of rotatable bonds is 4. The van der Waals surface area contributed by atoms with E-state index in [1.54, 1.807) is 18.2 Å². The summed E-state index contributed by atoms with van der Waals surface area (Å²) in [7, 11) is 0. The van der Waals surface area contributed by atoms with Crippen LogP contribution in [0.25, 0.3) is 0 Å². The summed E-state index contributed by atoms with van der Waals surface area (Å²) in [6, 6.07) is 4.86. The van der Waals surface area contributed by atoms with E-state index in [1.165, 1.54) is 0 Å². The Morgan fingerprint density at radius 3 is 1.41 bits per heavy atom. The molecule has 182 valence electrons. The van der Waals surface area contributed by atoms with Gasteiger partial charge in [-0.05, 0) is 51.7 Å². The lowest BCUT2D eigenvalue weighted by Crippen LogP contribution is -2.51. The molecule has 4 fully saturated rings. The quantitative estimate of drug-likeness (QED) is 0.649. The second-order valence-electron chi connectivity index (χ2n) is 11.7. The Labute approximate surface area is 198 Å². The zero-order valence-electron chi connectivity index (χ0n) is 20.5. The smallest absolute Gasteiger partial charge is 0.313 e. The minimum atomic E-state index is -1.27. The molecule has 4 atom stereocenters. The number of carbonyl (C=O) groups is 4. The standard InChI is InChI=1S/C25H31N3O6/c1-20(2)22(5)10-12-24(20,33-18(22)31)16(29)27-14-8-7-9-15(26-14)28-17(30)25-13-11-23(6,19(32)34-25)21(25,3)4/h7-9H,10-13H2,1-6H3,(H2,26,27,28,29,30)/t22-,23+,24-,25-/m0/s1. The molecule has 2 amide bonds. The molecular formula is C25H31N3O6. The maximum Gasteiger partial charge on any atom is 0.313 e.